The summed E-state index contributed by atoms with van der Waals surface area (Å²) < 4.78 is 2.00. The van der Waals surface area contributed by atoms with E-state index in [1.165, 1.54) is 17.3 Å². The summed E-state index contributed by atoms with van der Waals surface area (Å²) in [7, 11) is 0. The van der Waals surface area contributed by atoms with Gasteiger partial charge in [-0.05, 0) is 31.2 Å². The summed E-state index contributed by atoms with van der Waals surface area (Å²) in [5, 5.41) is 9.51. The SMILES string of the molecule is C=CCn1c(SCC(=O)N2c3ccccc3Sc3ccccc32)nnc1-c1ccc(C)cc1. The quantitative estimate of drug-likeness (QED) is 0.242. The number of nitrogens with zero attached hydrogens (tertiary/aromatic N) is 4. The Labute approximate surface area is 201 Å². The van der Waals surface area contributed by atoms with Crippen molar-refractivity contribution in [2.45, 2.75) is 28.4 Å². The van der Waals surface area contributed by atoms with Crippen LogP contribution in [-0.4, -0.2) is 26.4 Å². The molecule has 0 fully saturated rings. The van der Waals surface area contributed by atoms with E-state index < -0.39 is 0 Å². The number of carbonyl (C=O) groups excluding carboxylic acids is 1. The highest BCUT2D eigenvalue weighted by molar-refractivity contribution is 8.00. The van der Waals surface area contributed by atoms with Crippen LogP contribution in [0.5, 0.6) is 0 Å². The van der Waals surface area contributed by atoms with Gasteiger partial charge in [-0.25, -0.2) is 0 Å². The Morgan fingerprint density at radius 2 is 1.61 bits per heavy atom. The molecule has 0 atom stereocenters. The molecule has 0 N–H and O–H groups in total. The number of rotatable bonds is 6. The van der Waals surface area contributed by atoms with E-state index in [9.17, 15) is 4.79 Å². The zero-order valence-electron chi connectivity index (χ0n) is 18.1. The van der Waals surface area contributed by atoms with Crippen LogP contribution in [0.4, 0.5) is 11.4 Å². The number of aryl methyl sites for hydroxylation is 1. The highest BCUT2D eigenvalue weighted by atomic mass is 32.2. The van der Waals surface area contributed by atoms with Gasteiger partial charge in [0.15, 0.2) is 11.0 Å². The first-order valence-electron chi connectivity index (χ1n) is 10.6. The molecule has 0 spiro atoms. The van der Waals surface area contributed by atoms with Crippen molar-refractivity contribution in [1.29, 1.82) is 0 Å². The number of aromatic nitrogens is 3. The lowest BCUT2D eigenvalue weighted by molar-refractivity contribution is -0.115. The average Bonchev–Trinajstić information content (AvgIpc) is 3.24. The van der Waals surface area contributed by atoms with E-state index in [4.69, 9.17) is 0 Å². The molecule has 1 aliphatic rings. The number of hydrogen-bond acceptors (Lipinski definition) is 5. The van der Waals surface area contributed by atoms with Crippen molar-refractivity contribution in [3.8, 4) is 11.4 Å². The zero-order chi connectivity index (χ0) is 22.8. The number of carbonyl (C=O) groups is 1. The third-order valence-electron chi connectivity index (χ3n) is 5.34. The lowest BCUT2D eigenvalue weighted by atomic mass is 10.1. The molecule has 0 aliphatic carbocycles. The number of benzene rings is 3. The van der Waals surface area contributed by atoms with Gasteiger partial charge in [-0.15, -0.1) is 16.8 Å². The van der Waals surface area contributed by atoms with Crippen LogP contribution < -0.4 is 4.90 Å². The molecule has 1 aromatic heterocycles. The molecule has 33 heavy (non-hydrogen) atoms. The van der Waals surface area contributed by atoms with Crippen molar-refractivity contribution in [1.82, 2.24) is 14.8 Å². The van der Waals surface area contributed by atoms with Gasteiger partial charge in [0.05, 0.1) is 17.1 Å². The number of allylic oxidation sites excluding steroid dienone is 1. The monoisotopic (exact) mass is 470 g/mol. The Hall–Kier alpha value is -3.29. The van der Waals surface area contributed by atoms with E-state index in [0.717, 1.165) is 32.6 Å². The normalized spacial score (nSPS) is 12.2. The molecule has 2 heterocycles. The Kier molecular flexibility index (Phi) is 6.07. The van der Waals surface area contributed by atoms with Crippen molar-refractivity contribution in [3.63, 3.8) is 0 Å². The Balaban J connectivity index is 1.42. The minimum atomic E-state index is 0.00485. The second-order valence-corrected chi connectivity index (χ2v) is 9.65. The molecule has 0 radical (unpaired) electrons. The summed E-state index contributed by atoms with van der Waals surface area (Å²) in [6.45, 7) is 6.51. The van der Waals surface area contributed by atoms with Gasteiger partial charge in [0.1, 0.15) is 0 Å². The number of amides is 1. The largest absolute Gasteiger partial charge is 0.298 e. The van der Waals surface area contributed by atoms with E-state index in [2.05, 4.69) is 48.0 Å². The van der Waals surface area contributed by atoms with Crippen LogP contribution in [0.15, 0.2) is 100 Å². The number of fused-ring (bicyclic) bond motifs is 2. The van der Waals surface area contributed by atoms with Gasteiger partial charge < -0.3 is 0 Å². The molecule has 0 unspecified atom stereocenters. The lowest BCUT2D eigenvalue weighted by Crippen LogP contribution is -2.30. The molecule has 1 amide bonds. The fourth-order valence-corrected chi connectivity index (χ4v) is 5.62. The van der Waals surface area contributed by atoms with Crippen molar-refractivity contribution in [2.24, 2.45) is 0 Å². The molecule has 5 nitrogen and oxygen atoms in total. The summed E-state index contributed by atoms with van der Waals surface area (Å²) in [6.07, 6.45) is 1.82. The van der Waals surface area contributed by atoms with Gasteiger partial charge in [0.25, 0.3) is 0 Å². The van der Waals surface area contributed by atoms with E-state index in [-0.39, 0.29) is 11.7 Å². The van der Waals surface area contributed by atoms with Gasteiger partial charge in [0, 0.05) is 21.9 Å². The van der Waals surface area contributed by atoms with Gasteiger partial charge in [0.2, 0.25) is 5.91 Å². The second-order valence-electron chi connectivity index (χ2n) is 7.63. The summed E-state index contributed by atoms with van der Waals surface area (Å²) in [6, 6.07) is 24.2. The standard InChI is InChI=1S/C26H22N4OS2/c1-3-16-29-25(19-14-12-18(2)13-15-19)27-28-26(29)32-17-24(31)30-20-8-4-6-10-22(20)33-23-11-7-5-9-21(23)30/h3-15H,1,16-17H2,2H3. The molecule has 1 aliphatic heterocycles. The van der Waals surface area contributed by atoms with E-state index >= 15 is 0 Å². The summed E-state index contributed by atoms with van der Waals surface area (Å²) in [4.78, 5) is 17.5. The highest BCUT2D eigenvalue weighted by Gasteiger charge is 2.28. The zero-order valence-corrected chi connectivity index (χ0v) is 19.8. The van der Waals surface area contributed by atoms with Gasteiger partial charge in [-0.3, -0.25) is 14.3 Å². The predicted molar refractivity (Wildman–Crippen MR) is 135 cm³/mol. The highest BCUT2D eigenvalue weighted by Crippen LogP contribution is 2.48. The molecule has 3 aromatic carbocycles. The summed E-state index contributed by atoms with van der Waals surface area (Å²) in [5.74, 6) is 1.02. The third-order valence-corrected chi connectivity index (χ3v) is 7.43. The topological polar surface area (TPSA) is 51.0 Å². The first kappa shape index (κ1) is 21.6. The van der Waals surface area contributed by atoms with Crippen molar-refractivity contribution in [3.05, 3.63) is 91.0 Å². The number of para-hydroxylation sites is 2. The maximum absolute atomic E-state index is 13.5. The first-order chi connectivity index (χ1) is 16.2. The molecule has 5 rings (SSSR count). The average molecular weight is 471 g/mol. The fraction of sp³-hybridized carbons (Fsp3) is 0.115. The molecular weight excluding hydrogens is 448 g/mol. The number of hydrogen-bond donors (Lipinski definition) is 0. The third kappa shape index (κ3) is 4.21. The van der Waals surface area contributed by atoms with Crippen LogP contribution >= 0.6 is 23.5 Å². The molecule has 0 bridgehead atoms. The van der Waals surface area contributed by atoms with Gasteiger partial charge >= 0.3 is 0 Å². The van der Waals surface area contributed by atoms with Crippen LogP contribution in [0.25, 0.3) is 11.4 Å². The molecule has 0 saturated heterocycles. The predicted octanol–water partition coefficient (Wildman–Crippen LogP) is 6.36. The maximum atomic E-state index is 13.5. The molecule has 164 valence electrons. The fourth-order valence-electron chi connectivity index (χ4n) is 3.77. The Bertz CT molecular complexity index is 1280. The van der Waals surface area contributed by atoms with Crippen molar-refractivity contribution >= 4 is 40.8 Å². The lowest BCUT2D eigenvalue weighted by Gasteiger charge is -2.30. The smallest absolute Gasteiger partial charge is 0.242 e. The Morgan fingerprint density at radius 3 is 2.24 bits per heavy atom. The van der Waals surface area contributed by atoms with Crippen LogP contribution in [0.2, 0.25) is 0 Å². The van der Waals surface area contributed by atoms with Crippen molar-refractivity contribution < 1.29 is 4.79 Å². The second kappa shape index (κ2) is 9.29. The number of anilines is 2. The van der Waals surface area contributed by atoms with Crippen LogP contribution in [0.3, 0.4) is 0 Å². The van der Waals surface area contributed by atoms with E-state index in [0.29, 0.717) is 11.7 Å². The van der Waals surface area contributed by atoms with Crippen LogP contribution in [0.1, 0.15) is 5.56 Å². The first-order valence-corrected chi connectivity index (χ1v) is 12.4. The minimum absolute atomic E-state index is 0.00485. The van der Waals surface area contributed by atoms with Crippen molar-refractivity contribution in [2.75, 3.05) is 10.7 Å². The minimum Gasteiger partial charge on any atom is -0.298 e. The Morgan fingerprint density at radius 1 is 0.970 bits per heavy atom. The molecule has 4 aromatic rings. The number of thioether (sulfide) groups is 1. The van der Waals surface area contributed by atoms with E-state index in [1.807, 2.05) is 64.1 Å². The van der Waals surface area contributed by atoms with Gasteiger partial charge in [-0.1, -0.05) is 83.7 Å². The molecular formula is C26H22N4OS2. The maximum Gasteiger partial charge on any atom is 0.242 e. The van der Waals surface area contributed by atoms with Crippen LogP contribution in [-0.2, 0) is 11.3 Å². The van der Waals surface area contributed by atoms with Gasteiger partial charge in [-0.2, -0.15) is 0 Å². The van der Waals surface area contributed by atoms with E-state index in [1.54, 1.807) is 11.8 Å². The molecule has 7 heteroatoms. The summed E-state index contributed by atoms with van der Waals surface area (Å²) >= 11 is 3.09. The summed E-state index contributed by atoms with van der Waals surface area (Å²) in [5.41, 5.74) is 4.01. The van der Waals surface area contributed by atoms with Crippen LogP contribution in [0, 0.1) is 6.92 Å². The molecule has 0 saturated carbocycles.